The molecule has 30 nitrogen and oxygen atoms in total. The number of likely N-dealkylation sites (tertiary alicyclic amines) is 3. The summed E-state index contributed by atoms with van der Waals surface area (Å²) in [4.78, 5) is 137. The Morgan fingerprint density at radius 2 is 1.19 bits per heavy atom. The van der Waals surface area contributed by atoms with Crippen LogP contribution in [-0.4, -0.2) is 232 Å². The van der Waals surface area contributed by atoms with Gasteiger partial charge in [0.15, 0.2) is 15.9 Å². The molecule has 0 saturated carbocycles. The second kappa shape index (κ2) is 47.3. The Bertz CT molecular complexity index is 6310. The maximum atomic E-state index is 14.3. The Morgan fingerprint density at radius 1 is 0.641 bits per heavy atom. The number of thiocarbonyl (C=S) groups is 2. The van der Waals surface area contributed by atoms with Crippen molar-refractivity contribution in [2.24, 2.45) is 17.3 Å². The van der Waals surface area contributed by atoms with Crippen molar-refractivity contribution in [3.8, 4) is 38.4 Å². The average Bonchev–Trinajstić information content (AvgIpc) is 1.59. The number of fused-ring (bicyclic) bond motifs is 1. The zero-order valence-electron chi connectivity index (χ0n) is 83.8. The van der Waals surface area contributed by atoms with Crippen LogP contribution < -0.4 is 45.0 Å². The molecule has 0 bridgehead atoms. The van der Waals surface area contributed by atoms with E-state index in [2.05, 4.69) is 59.9 Å². The van der Waals surface area contributed by atoms with Crippen molar-refractivity contribution >= 4 is 133 Å². The number of carbonyl (C=O) groups excluding carboxylic acids is 8. The molecule has 0 unspecified atom stereocenters. The lowest BCUT2D eigenvalue weighted by atomic mass is 9.85. The Kier molecular flexibility index (Phi) is 35.3. The average molecular weight is 2060 g/mol. The summed E-state index contributed by atoms with van der Waals surface area (Å²) in [7, 11) is 0. The standard InChI is InChI=1S/C54H56F3N7O9S2.C54H68N8O6S2/c1-32(2)46(62-29-37-8-6-7-9-42(37)49(62)67)50(68)61-30-40(65)26-44(61)48(66)59-28-36-11-10-34(47-33(3)60-31-75-47)24-45(36)73-23-21-71-19-18-70-20-22-72-41-16-14-38(15-17-41)64-52(74)63(51(69)53(64,4)5)39-13-12-35(27-58)43(25-39)54(55,56)57;1-35-29-45(49(64)56-31-38-11-13-41(14-12-38)47-37(3)57-34-70-47)60(32-35)50(65)48(53(4,5)6)58-46(63)33-68-27-10-26-67-28-25-59-23-21-40(22-24-59)39-15-17-42(18-16-39)62-52(69)61(51(66)54(62,7)8)43-19-20-44(55-9)36(2)30-43/h6-17,24-25,31-32,40,44,46,65H,18-23,26,28-30H2,1-5H3,(H,59,66);11-20,30,34-35,40,45,48H,10,21-29,31-33H2,1-8H3,(H,56,64)(H,58,63)/t40-,44+,46+;35-,45+,48-/m11/s1. The number of thiazole rings is 2. The van der Waals surface area contributed by atoms with Crippen molar-refractivity contribution in [3.63, 3.8) is 0 Å². The Hall–Kier alpha value is -12.5. The Balaban J connectivity index is 0.000000230. The Morgan fingerprint density at radius 3 is 1.78 bits per heavy atom. The van der Waals surface area contributed by atoms with Crippen LogP contribution in [0.2, 0.25) is 0 Å². The molecule has 766 valence electrons. The van der Waals surface area contributed by atoms with Gasteiger partial charge in [0.1, 0.15) is 66.6 Å². The first-order valence-corrected chi connectivity index (χ1v) is 51.3. The minimum atomic E-state index is -4.81. The first kappa shape index (κ1) is 108. The summed E-state index contributed by atoms with van der Waals surface area (Å²) in [5, 5.41) is 29.3. The topological polar surface area (TPSA) is 328 Å². The summed E-state index contributed by atoms with van der Waals surface area (Å²) in [6.07, 6.45) is -2.41. The number of ether oxygens (including phenoxy) is 6. The fourth-order valence-corrected chi connectivity index (χ4v) is 21.9. The highest BCUT2D eigenvalue weighted by Crippen LogP contribution is 2.44. The fourth-order valence-electron chi connectivity index (χ4n) is 19.2. The van der Waals surface area contributed by atoms with Gasteiger partial charge in [-0.3, -0.25) is 48.2 Å². The Labute approximate surface area is 862 Å². The van der Waals surface area contributed by atoms with Crippen molar-refractivity contribution in [3.05, 3.63) is 230 Å². The number of nitrogens with zero attached hydrogens (tertiary/aromatic N) is 12. The van der Waals surface area contributed by atoms with Crippen LogP contribution in [0.5, 0.6) is 11.5 Å². The van der Waals surface area contributed by atoms with Crippen LogP contribution in [-0.2, 0) is 78.3 Å². The number of aliphatic hydroxyl groups is 1. The lowest BCUT2D eigenvalue weighted by Gasteiger charge is -2.35. The number of amides is 8. The molecule has 5 saturated heterocycles. The minimum Gasteiger partial charge on any atom is -0.491 e. The number of nitrogens with one attached hydrogen (secondary N) is 3. The number of hydrogen-bond donors (Lipinski definition) is 4. The number of rotatable bonds is 38. The van der Waals surface area contributed by atoms with E-state index < -0.39 is 75.9 Å². The normalized spacial score (nSPS) is 18.4. The van der Waals surface area contributed by atoms with Crippen LogP contribution in [0.4, 0.5) is 41.6 Å². The molecule has 6 aliphatic rings. The second-order valence-corrected chi connectivity index (χ2v) is 42.0. The molecule has 5 fully saturated rings. The van der Waals surface area contributed by atoms with E-state index in [1.165, 1.54) is 27.9 Å². The van der Waals surface area contributed by atoms with Gasteiger partial charge in [-0.15, -0.1) is 22.7 Å². The molecule has 37 heteroatoms. The molecule has 145 heavy (non-hydrogen) atoms. The van der Waals surface area contributed by atoms with E-state index in [0.717, 1.165) is 104 Å². The van der Waals surface area contributed by atoms with Gasteiger partial charge in [0.2, 0.25) is 29.5 Å². The SMILES string of the molecule is Cc1ncsc1-c1ccc(CNC(=O)[C@@H]2C[C@@H](O)CN2C(=O)[C@H](C(C)C)N2Cc3ccccc3C2=O)c(OCCOCCOCCOc2ccc(N3C(=S)N(c4ccc(C#N)c(C(F)(F)F)c4)C(=O)C3(C)C)cc2)c1.[C-]#[N+]c1ccc(N2C(=O)C(C)(C)N(c3ccc(C4CCN(CCOCCCOCC(=O)N[C@H](C(=O)N5C[C@H](C)C[C@H]5C(=O)NCc5ccc(-c6scnc6C)cc5)C(C)(C)C)CC4)cc3)C2=S)cc1C. The number of hydrogen-bond acceptors (Lipinski definition) is 23. The molecular weight excluding hydrogens is 1930 g/mol. The summed E-state index contributed by atoms with van der Waals surface area (Å²) < 4.78 is 76.5. The lowest BCUT2D eigenvalue weighted by Crippen LogP contribution is -2.58. The molecule has 0 spiro atoms. The van der Waals surface area contributed by atoms with Crippen molar-refractivity contribution < 1.29 is 85.1 Å². The molecule has 15 rings (SSSR count). The molecule has 8 heterocycles. The molecule has 6 atom stereocenters. The van der Waals surface area contributed by atoms with Gasteiger partial charge in [0.05, 0.1) is 101 Å². The van der Waals surface area contributed by atoms with Gasteiger partial charge in [-0.2, -0.15) is 18.4 Å². The molecule has 7 aromatic carbocycles. The van der Waals surface area contributed by atoms with Crippen LogP contribution in [0, 0.1) is 55.9 Å². The number of aliphatic hydroxyl groups excluding tert-OH is 1. The third-order valence-electron chi connectivity index (χ3n) is 27.0. The number of anilines is 4. The number of benzene rings is 7. The number of nitriles is 1. The number of β-amino-alcohol motifs (C(OH)–C–C–N with tert-alkyl or cyclic N) is 1. The van der Waals surface area contributed by atoms with Crippen LogP contribution in [0.3, 0.4) is 0 Å². The van der Waals surface area contributed by atoms with E-state index in [1.54, 1.807) is 105 Å². The number of carbonyl (C=O) groups is 8. The van der Waals surface area contributed by atoms with Gasteiger partial charge in [-0.25, -0.2) is 14.8 Å². The predicted molar refractivity (Wildman–Crippen MR) is 557 cm³/mol. The summed E-state index contributed by atoms with van der Waals surface area (Å²) in [5.74, 6) is -1.20. The van der Waals surface area contributed by atoms with Gasteiger partial charge in [-0.1, -0.05) is 114 Å². The highest BCUT2D eigenvalue weighted by Gasteiger charge is 2.54. The fraction of sp³-hybridized carbons (Fsp3) is 0.444. The van der Waals surface area contributed by atoms with E-state index >= 15 is 0 Å². The molecule has 9 aromatic rings. The minimum absolute atomic E-state index is 0.0206. The maximum absolute atomic E-state index is 14.3. The summed E-state index contributed by atoms with van der Waals surface area (Å²) in [5.41, 5.74) is 10.6. The van der Waals surface area contributed by atoms with Crippen molar-refractivity contribution in [1.82, 2.24) is 45.5 Å². The maximum Gasteiger partial charge on any atom is 0.417 e. The molecule has 2 aromatic heterocycles. The number of piperidine rings is 1. The first-order chi connectivity index (χ1) is 69.2. The third kappa shape index (κ3) is 25.2. The van der Waals surface area contributed by atoms with Crippen LogP contribution in [0.15, 0.2) is 163 Å². The number of alkyl halides is 3. The molecule has 0 aliphatic carbocycles. The van der Waals surface area contributed by atoms with Gasteiger partial charge >= 0.3 is 6.18 Å². The predicted octanol–water partition coefficient (Wildman–Crippen LogP) is 16.3. The summed E-state index contributed by atoms with van der Waals surface area (Å²) in [6.45, 7) is 38.3. The van der Waals surface area contributed by atoms with Crippen LogP contribution in [0.25, 0.3) is 25.7 Å². The van der Waals surface area contributed by atoms with Crippen LogP contribution >= 0.6 is 47.1 Å². The zero-order valence-corrected chi connectivity index (χ0v) is 87.0. The molecule has 8 amide bonds. The first-order valence-electron chi connectivity index (χ1n) is 48.7. The van der Waals surface area contributed by atoms with Gasteiger partial charge < -0.3 is 78.9 Å². The van der Waals surface area contributed by atoms with E-state index in [1.807, 2.05) is 147 Å². The molecule has 6 aliphatic heterocycles. The highest BCUT2D eigenvalue weighted by atomic mass is 32.1. The molecule has 0 radical (unpaired) electrons. The number of halogens is 3. The lowest BCUT2D eigenvalue weighted by molar-refractivity contribution is -0.144. The molecule has 4 N–H and O–H groups in total. The largest absolute Gasteiger partial charge is 0.491 e. The summed E-state index contributed by atoms with van der Waals surface area (Å²) >= 11 is 14.6. The second-order valence-electron chi connectivity index (χ2n) is 39.6. The van der Waals surface area contributed by atoms with E-state index in [4.69, 9.17) is 59.4 Å². The van der Waals surface area contributed by atoms with E-state index in [9.17, 15) is 61.9 Å². The van der Waals surface area contributed by atoms with E-state index in [0.29, 0.717) is 96.5 Å². The van der Waals surface area contributed by atoms with Crippen molar-refractivity contribution in [2.75, 3.05) is 118 Å². The van der Waals surface area contributed by atoms with Crippen LogP contribution in [0.1, 0.15) is 168 Å². The van der Waals surface area contributed by atoms with Gasteiger partial charge in [0, 0.05) is 87.1 Å². The van der Waals surface area contributed by atoms with Gasteiger partial charge in [-0.05, 0) is 247 Å². The smallest absolute Gasteiger partial charge is 0.417 e. The van der Waals surface area contributed by atoms with Crippen molar-refractivity contribution in [1.29, 1.82) is 5.26 Å². The van der Waals surface area contributed by atoms with Crippen molar-refractivity contribution in [2.45, 2.75) is 195 Å². The number of aromatic nitrogens is 2. The zero-order chi connectivity index (χ0) is 104. The molecular formula is C108H124F3N15O15S4. The number of aryl methyl sites for hydroxylation is 3. The van der Waals surface area contributed by atoms with E-state index in [-0.39, 0.29) is 130 Å². The van der Waals surface area contributed by atoms with Gasteiger partial charge in [0.25, 0.3) is 17.7 Å². The monoisotopic (exact) mass is 2060 g/mol. The quantitative estimate of drug-likeness (QED) is 0.0159. The summed E-state index contributed by atoms with van der Waals surface area (Å²) in [6, 6.07) is 42.9. The third-order valence-corrected chi connectivity index (χ3v) is 29.7. The highest BCUT2D eigenvalue weighted by molar-refractivity contribution is 7.81.